The van der Waals surface area contributed by atoms with Crippen LogP contribution in [0, 0.1) is 0 Å². The van der Waals surface area contributed by atoms with E-state index < -0.39 is 0 Å². The minimum atomic E-state index is -0.220. The quantitative estimate of drug-likeness (QED) is 0.498. The largest absolute Gasteiger partial charge is 0.493 e. The van der Waals surface area contributed by atoms with E-state index in [9.17, 15) is 4.79 Å². The summed E-state index contributed by atoms with van der Waals surface area (Å²) >= 11 is 4.99. The first-order valence-electron chi connectivity index (χ1n) is 9.67. The molecule has 1 saturated heterocycles. The smallest absolute Gasteiger partial charge is 0.260 e. The number of rotatable bonds is 8. The highest BCUT2D eigenvalue weighted by Crippen LogP contribution is 2.37. The van der Waals surface area contributed by atoms with E-state index in [-0.39, 0.29) is 11.4 Å². The van der Waals surface area contributed by atoms with Crippen LogP contribution in [-0.2, 0) is 11.2 Å². The van der Waals surface area contributed by atoms with Gasteiger partial charge in [0, 0.05) is 17.3 Å². The zero-order valence-electron chi connectivity index (χ0n) is 16.8. The number of anilines is 1. The minimum absolute atomic E-state index is 0.106. The molecule has 3 rings (SSSR count). The third kappa shape index (κ3) is 5.48. The van der Waals surface area contributed by atoms with Gasteiger partial charge in [-0.15, -0.1) is 0 Å². The van der Waals surface area contributed by atoms with Gasteiger partial charge in [0.15, 0.2) is 5.50 Å². The third-order valence-electron chi connectivity index (χ3n) is 4.34. The van der Waals surface area contributed by atoms with E-state index in [2.05, 4.69) is 45.6 Å². The average Bonchev–Trinajstić information content (AvgIpc) is 3.05. The van der Waals surface area contributed by atoms with Gasteiger partial charge < -0.3 is 20.1 Å². The Balaban J connectivity index is 1.79. The molecule has 154 valence electrons. The van der Waals surface area contributed by atoms with Crippen molar-refractivity contribution in [3.63, 3.8) is 0 Å². The molecule has 1 amide bonds. The fraction of sp³-hybridized carbons (Fsp3) is 0.318. The highest BCUT2D eigenvalue weighted by molar-refractivity contribution is 9.10. The van der Waals surface area contributed by atoms with Gasteiger partial charge in [0.05, 0.1) is 22.6 Å². The maximum Gasteiger partial charge on any atom is 0.260 e. The molecule has 0 radical (unpaired) electrons. The molecule has 0 saturated carbocycles. The lowest BCUT2D eigenvalue weighted by Crippen LogP contribution is -2.30. The molecule has 0 aliphatic carbocycles. The van der Waals surface area contributed by atoms with Gasteiger partial charge in [-0.25, -0.2) is 0 Å². The summed E-state index contributed by atoms with van der Waals surface area (Å²) in [5.74, 6) is 1.30. The van der Waals surface area contributed by atoms with Crippen LogP contribution in [0.15, 0.2) is 45.8 Å². The van der Waals surface area contributed by atoms with E-state index in [4.69, 9.17) is 9.47 Å². The summed E-state index contributed by atoms with van der Waals surface area (Å²) in [5, 5.41) is 6.31. The molecule has 29 heavy (non-hydrogen) atoms. The van der Waals surface area contributed by atoms with Gasteiger partial charge in [0.1, 0.15) is 11.5 Å². The fourth-order valence-electron chi connectivity index (χ4n) is 2.90. The van der Waals surface area contributed by atoms with E-state index in [1.165, 1.54) is 17.3 Å². The zero-order valence-corrected chi connectivity index (χ0v) is 19.2. The van der Waals surface area contributed by atoms with Crippen LogP contribution in [0.3, 0.4) is 0 Å². The second-order valence-electron chi connectivity index (χ2n) is 6.36. The third-order valence-corrected chi connectivity index (χ3v) is 5.99. The fourth-order valence-corrected chi connectivity index (χ4v) is 4.36. The minimum Gasteiger partial charge on any atom is -0.493 e. The van der Waals surface area contributed by atoms with Gasteiger partial charge in [-0.2, -0.15) is 0 Å². The Morgan fingerprint density at radius 3 is 2.45 bits per heavy atom. The van der Waals surface area contributed by atoms with Gasteiger partial charge >= 0.3 is 0 Å². The molecule has 1 heterocycles. The molecule has 5 nitrogen and oxygen atoms in total. The molecule has 0 aromatic heterocycles. The van der Waals surface area contributed by atoms with Crippen LogP contribution in [0.2, 0.25) is 0 Å². The summed E-state index contributed by atoms with van der Waals surface area (Å²) < 4.78 is 12.2. The molecular weight excluding hydrogens is 452 g/mol. The Labute approximate surface area is 184 Å². The number of hydrogen-bond donors (Lipinski definition) is 2. The van der Waals surface area contributed by atoms with Crippen molar-refractivity contribution in [2.24, 2.45) is 0 Å². The van der Waals surface area contributed by atoms with Crippen LogP contribution >= 0.6 is 27.7 Å². The van der Waals surface area contributed by atoms with E-state index in [1.54, 1.807) is 0 Å². The predicted molar refractivity (Wildman–Crippen MR) is 123 cm³/mol. The molecule has 1 fully saturated rings. The monoisotopic (exact) mass is 476 g/mol. The summed E-state index contributed by atoms with van der Waals surface area (Å²) in [6, 6.07) is 12.0. The van der Waals surface area contributed by atoms with Crippen molar-refractivity contribution in [2.45, 2.75) is 32.7 Å². The van der Waals surface area contributed by atoms with Crippen molar-refractivity contribution in [1.82, 2.24) is 5.32 Å². The molecule has 2 N–H and O–H groups in total. The molecular formula is C22H25BrN2O3S. The van der Waals surface area contributed by atoms with Crippen molar-refractivity contribution < 1.29 is 14.3 Å². The standard InChI is InChI=1S/C22H25BrN2O3S/c1-4-14-7-9-16(10-8-14)24-22-25-21(26)20(29-22)12-15-11-17(23)19(28-6-3)13-18(15)27-5-2/h7-13,22,24H,4-6H2,1-3H3,(H,25,26). The second-order valence-corrected chi connectivity index (χ2v) is 8.36. The summed E-state index contributed by atoms with van der Waals surface area (Å²) in [6.45, 7) is 7.09. The summed E-state index contributed by atoms with van der Waals surface area (Å²) in [6.07, 6.45) is 2.86. The topological polar surface area (TPSA) is 59.6 Å². The van der Waals surface area contributed by atoms with Crippen LogP contribution in [0.5, 0.6) is 11.5 Å². The van der Waals surface area contributed by atoms with Crippen LogP contribution in [0.1, 0.15) is 31.9 Å². The van der Waals surface area contributed by atoms with Crippen molar-refractivity contribution >= 4 is 45.4 Å². The van der Waals surface area contributed by atoms with Crippen molar-refractivity contribution in [3.8, 4) is 11.5 Å². The maximum atomic E-state index is 12.5. The number of thioether (sulfide) groups is 1. The van der Waals surface area contributed by atoms with Gasteiger partial charge in [0.25, 0.3) is 5.91 Å². The molecule has 1 aliphatic heterocycles. The molecule has 1 unspecified atom stereocenters. The number of benzene rings is 2. The second kappa shape index (κ2) is 10.1. The molecule has 0 bridgehead atoms. The number of nitrogens with one attached hydrogen (secondary N) is 2. The lowest BCUT2D eigenvalue weighted by molar-refractivity contribution is -0.116. The maximum absolute atomic E-state index is 12.5. The number of carbonyl (C=O) groups is 1. The van der Waals surface area contributed by atoms with Gasteiger partial charge in [-0.05, 0) is 66.0 Å². The number of amides is 1. The number of aryl methyl sites for hydroxylation is 1. The normalized spacial score (nSPS) is 17.3. The Morgan fingerprint density at radius 2 is 1.79 bits per heavy atom. The van der Waals surface area contributed by atoms with Gasteiger partial charge in [-0.1, -0.05) is 30.8 Å². The Morgan fingerprint density at radius 1 is 1.10 bits per heavy atom. The first-order valence-corrected chi connectivity index (χ1v) is 11.3. The highest BCUT2D eigenvalue weighted by Gasteiger charge is 2.27. The van der Waals surface area contributed by atoms with E-state index in [0.717, 1.165) is 27.9 Å². The van der Waals surface area contributed by atoms with E-state index in [0.29, 0.717) is 23.9 Å². The summed E-state index contributed by atoms with van der Waals surface area (Å²) in [4.78, 5) is 13.1. The number of ether oxygens (including phenoxy) is 2. The number of hydrogen-bond acceptors (Lipinski definition) is 5. The Kier molecular flexibility index (Phi) is 7.50. The van der Waals surface area contributed by atoms with Crippen LogP contribution < -0.4 is 20.1 Å². The first kappa shape index (κ1) is 21.6. The van der Waals surface area contributed by atoms with Crippen LogP contribution in [-0.4, -0.2) is 24.6 Å². The van der Waals surface area contributed by atoms with E-state index in [1.807, 2.05) is 44.2 Å². The van der Waals surface area contributed by atoms with Crippen LogP contribution in [0.4, 0.5) is 5.69 Å². The van der Waals surface area contributed by atoms with Crippen molar-refractivity contribution in [3.05, 3.63) is 56.9 Å². The number of halogens is 1. The molecule has 1 atom stereocenters. The predicted octanol–water partition coefficient (Wildman–Crippen LogP) is 5.41. The molecule has 2 aromatic rings. The van der Waals surface area contributed by atoms with Crippen molar-refractivity contribution in [2.75, 3.05) is 18.5 Å². The summed E-state index contributed by atoms with van der Waals surface area (Å²) in [7, 11) is 0. The van der Waals surface area contributed by atoms with Gasteiger partial charge in [-0.3, -0.25) is 4.79 Å². The number of carbonyl (C=O) groups excluding carboxylic acids is 1. The first-order chi connectivity index (χ1) is 14.0. The molecule has 7 heteroatoms. The molecule has 1 aliphatic rings. The Hall–Kier alpha value is -2.12. The Bertz CT molecular complexity index is 900. The van der Waals surface area contributed by atoms with Crippen LogP contribution in [0.25, 0.3) is 6.08 Å². The van der Waals surface area contributed by atoms with Crippen molar-refractivity contribution in [1.29, 1.82) is 0 Å². The zero-order chi connectivity index (χ0) is 20.8. The van der Waals surface area contributed by atoms with E-state index >= 15 is 0 Å². The average molecular weight is 477 g/mol. The van der Waals surface area contributed by atoms with Gasteiger partial charge in [0.2, 0.25) is 0 Å². The SMILES string of the molecule is CCOc1cc(OCC)c(C=C2SC(Nc3ccc(CC)cc3)NC2=O)cc1Br. The molecule has 2 aromatic carbocycles. The summed E-state index contributed by atoms with van der Waals surface area (Å²) in [5.41, 5.74) is 2.86. The highest BCUT2D eigenvalue weighted by atomic mass is 79.9. The lowest BCUT2D eigenvalue weighted by atomic mass is 10.1. The lowest BCUT2D eigenvalue weighted by Gasteiger charge is -2.13. The molecule has 0 spiro atoms.